The molecule has 19 heteroatoms. The number of benzene rings is 2. The quantitative estimate of drug-likeness (QED) is 0.0772. The number of carbonyl (C=O) groups excluding carboxylic acids is 3. The van der Waals surface area contributed by atoms with Crippen molar-refractivity contribution in [1.29, 1.82) is 0 Å². The smallest absolute Gasteiger partial charge is 0.407 e. The number of halogens is 1. The van der Waals surface area contributed by atoms with Crippen molar-refractivity contribution in [2.75, 3.05) is 13.1 Å². The van der Waals surface area contributed by atoms with Crippen molar-refractivity contribution in [1.82, 2.24) is 66.2 Å². The first-order valence-corrected chi connectivity index (χ1v) is 19.7. The van der Waals surface area contributed by atoms with Crippen molar-refractivity contribution in [3.8, 4) is 22.8 Å². The van der Waals surface area contributed by atoms with Crippen LogP contribution in [0.3, 0.4) is 0 Å². The lowest BCUT2D eigenvalue weighted by atomic mass is 10.1. The molecule has 0 saturated carbocycles. The minimum Gasteiger partial charge on any atom is -0.444 e. The number of nitrogens with one attached hydrogen (secondary N) is 7. The fourth-order valence-electron chi connectivity index (χ4n) is 6.47. The van der Waals surface area contributed by atoms with Gasteiger partial charge in [0, 0.05) is 41.8 Å². The number of alkyl carbamates (subject to hydrolysis) is 1. The molecule has 9 N–H and O–H groups in total. The monoisotopic (exact) mass is 862 g/mol. The summed E-state index contributed by atoms with van der Waals surface area (Å²) in [5.74, 6) is -0.582. The summed E-state index contributed by atoms with van der Waals surface area (Å²) in [6, 6.07) is 12.1. The number of aromatic nitrogens is 10. The largest absolute Gasteiger partial charge is 0.444 e. The van der Waals surface area contributed by atoms with Crippen molar-refractivity contribution < 1.29 is 19.1 Å². The molecule has 18 nitrogen and oxygen atoms in total. The van der Waals surface area contributed by atoms with Crippen molar-refractivity contribution >= 4 is 74.4 Å². The highest BCUT2D eigenvalue weighted by molar-refractivity contribution is 6.06. The van der Waals surface area contributed by atoms with Gasteiger partial charge in [-0.1, -0.05) is 24.3 Å². The third-order valence-electron chi connectivity index (χ3n) is 9.66. The number of rotatable bonds is 9. The Morgan fingerprint density at radius 1 is 0.694 bits per heavy atom. The molecule has 0 radical (unpaired) electrons. The zero-order chi connectivity index (χ0) is 43.9. The molecule has 0 spiro atoms. The van der Waals surface area contributed by atoms with Crippen molar-refractivity contribution in [2.24, 2.45) is 5.73 Å². The van der Waals surface area contributed by atoms with Crippen LogP contribution in [0.2, 0.25) is 0 Å². The number of hydrogen-bond donors (Lipinski definition) is 8. The number of hydrogen-bond acceptors (Lipinski definition) is 11. The molecule has 0 aliphatic rings. The number of ether oxygens (including phenoxy) is 1. The second kappa shape index (κ2) is 17.2. The molecule has 0 atom stereocenters. The molecule has 0 saturated heterocycles. The van der Waals surface area contributed by atoms with E-state index in [1.165, 1.54) is 0 Å². The maximum Gasteiger partial charge on any atom is 0.407 e. The van der Waals surface area contributed by atoms with Gasteiger partial charge in [0.2, 0.25) is 0 Å². The number of nitrogens with two attached hydrogens (primary N) is 1. The molecule has 0 unspecified atom stereocenters. The molecule has 2 aromatic carbocycles. The van der Waals surface area contributed by atoms with E-state index in [0.29, 0.717) is 62.8 Å². The van der Waals surface area contributed by atoms with Crippen LogP contribution in [-0.4, -0.2) is 98.0 Å². The van der Waals surface area contributed by atoms with Crippen LogP contribution in [0.25, 0.3) is 66.9 Å². The summed E-state index contributed by atoms with van der Waals surface area (Å²) in [7, 11) is 0. The van der Waals surface area contributed by atoms with Crippen LogP contribution in [0, 0.1) is 13.8 Å². The molecule has 324 valence electrons. The first-order valence-electron chi connectivity index (χ1n) is 19.7. The van der Waals surface area contributed by atoms with E-state index in [2.05, 4.69) is 66.2 Å². The number of carbonyl (C=O) groups is 3. The summed E-state index contributed by atoms with van der Waals surface area (Å²) in [6.45, 7) is 17.3. The van der Waals surface area contributed by atoms with Crippen LogP contribution in [0.4, 0.5) is 4.79 Å². The van der Waals surface area contributed by atoms with Gasteiger partial charge in [-0.3, -0.25) is 19.8 Å². The standard InChI is InChI=1S/C24H29N7O3.C19H21N7O.ClH/c1-13-7-8-14-16(9-13)30-31-18(14)17-11-26-20-19(28-17)15(10-25-20)21(32)29-24(5,6)12-27-22(33)34-23(2,3)4;1-10-4-5-11-13(6-10)25-26-15(11)14-8-22-17-16(23-14)12(7-21-17)18(27)24-19(2,3)9-20;/h7-11H,12H2,1-6H3,(H,25,26)(H,27,33)(H,29,32)(H,30,31);4-8H,9,20H2,1-3H3,(H,21,22)(H,24,27)(H,25,26);1H. The first kappa shape index (κ1) is 44.6. The van der Waals surface area contributed by atoms with Crippen molar-refractivity contribution in [3.05, 3.63) is 83.4 Å². The van der Waals surface area contributed by atoms with E-state index in [1.54, 1.807) is 45.6 Å². The van der Waals surface area contributed by atoms with Gasteiger partial charge in [0.25, 0.3) is 11.8 Å². The van der Waals surface area contributed by atoms with Gasteiger partial charge in [-0.25, -0.2) is 24.7 Å². The van der Waals surface area contributed by atoms with Crippen LogP contribution >= 0.6 is 12.4 Å². The Kier molecular flexibility index (Phi) is 12.4. The molecular formula is C43H51ClN14O4. The lowest BCUT2D eigenvalue weighted by Gasteiger charge is -2.27. The zero-order valence-electron chi connectivity index (χ0n) is 36.0. The Hall–Kier alpha value is -6.92. The maximum atomic E-state index is 13.1. The summed E-state index contributed by atoms with van der Waals surface area (Å²) in [4.78, 5) is 61.9. The van der Waals surface area contributed by atoms with E-state index in [1.807, 2.05) is 77.9 Å². The van der Waals surface area contributed by atoms with Crippen molar-refractivity contribution in [2.45, 2.75) is 79.0 Å². The third-order valence-corrected chi connectivity index (χ3v) is 9.66. The molecule has 0 bridgehead atoms. The minimum atomic E-state index is -0.737. The van der Waals surface area contributed by atoms with Crippen LogP contribution < -0.4 is 21.7 Å². The fourth-order valence-corrected chi connectivity index (χ4v) is 6.47. The van der Waals surface area contributed by atoms with Gasteiger partial charge in [-0.05, 0) is 85.6 Å². The Bertz CT molecular complexity index is 2940. The molecule has 0 aliphatic heterocycles. The van der Waals surface area contributed by atoms with Gasteiger partial charge in [-0.2, -0.15) is 10.2 Å². The van der Waals surface area contributed by atoms with E-state index < -0.39 is 22.8 Å². The Labute approximate surface area is 362 Å². The molecule has 8 rings (SSSR count). The first-order chi connectivity index (χ1) is 28.8. The SMILES string of the molecule is Cc1ccc2c(-c3cnc4[nH]cc(C(=O)NC(C)(C)CN)c4n3)n[nH]c2c1.Cc1ccc2c(-c3cnc4[nH]cc(C(=O)NC(C)(C)CNC(=O)OC(C)(C)C)c4n3)n[nH]c2c1.Cl. The van der Waals surface area contributed by atoms with E-state index in [0.717, 1.165) is 32.9 Å². The van der Waals surface area contributed by atoms with Gasteiger partial charge in [0.15, 0.2) is 11.3 Å². The van der Waals surface area contributed by atoms with E-state index in [4.69, 9.17) is 10.5 Å². The van der Waals surface area contributed by atoms with Gasteiger partial charge < -0.3 is 36.4 Å². The Morgan fingerprint density at radius 2 is 1.15 bits per heavy atom. The van der Waals surface area contributed by atoms with Gasteiger partial charge >= 0.3 is 6.09 Å². The number of amides is 3. The van der Waals surface area contributed by atoms with Crippen molar-refractivity contribution in [3.63, 3.8) is 0 Å². The predicted molar refractivity (Wildman–Crippen MR) is 241 cm³/mol. The molecule has 8 aromatic rings. The highest BCUT2D eigenvalue weighted by atomic mass is 35.5. The Morgan fingerprint density at radius 3 is 1.58 bits per heavy atom. The zero-order valence-corrected chi connectivity index (χ0v) is 36.8. The van der Waals surface area contributed by atoms with Crippen LogP contribution in [0.1, 0.15) is 80.3 Å². The minimum absolute atomic E-state index is 0. The molecule has 6 aromatic heterocycles. The second-order valence-corrected chi connectivity index (χ2v) is 17.3. The molecule has 0 fully saturated rings. The highest BCUT2D eigenvalue weighted by Crippen LogP contribution is 2.29. The molecular weight excluding hydrogens is 812 g/mol. The number of aryl methyl sites for hydroxylation is 2. The van der Waals surface area contributed by atoms with Gasteiger partial charge in [0.05, 0.1) is 40.1 Å². The summed E-state index contributed by atoms with van der Waals surface area (Å²) < 4.78 is 5.26. The van der Waals surface area contributed by atoms with Crippen LogP contribution in [0.15, 0.2) is 61.2 Å². The second-order valence-electron chi connectivity index (χ2n) is 17.3. The normalized spacial score (nSPS) is 11.9. The Balaban J connectivity index is 0.000000209. The number of aromatic amines is 4. The number of nitrogens with zero attached hydrogens (tertiary/aromatic N) is 6. The number of H-pyrrole nitrogens is 4. The van der Waals surface area contributed by atoms with E-state index >= 15 is 0 Å². The van der Waals surface area contributed by atoms with Gasteiger partial charge in [-0.15, -0.1) is 12.4 Å². The average molecular weight is 863 g/mol. The number of fused-ring (bicyclic) bond motifs is 4. The molecule has 6 heterocycles. The lowest BCUT2D eigenvalue weighted by Crippen LogP contribution is -2.52. The fraction of sp³-hybridized carbons (Fsp3) is 0.326. The van der Waals surface area contributed by atoms with Gasteiger partial charge in [0.1, 0.15) is 39.4 Å². The average Bonchev–Trinajstić information content (AvgIpc) is 4.00. The summed E-state index contributed by atoms with van der Waals surface area (Å²) in [6.07, 6.45) is 5.93. The molecule has 3 amide bonds. The van der Waals surface area contributed by atoms with E-state index in [9.17, 15) is 14.4 Å². The maximum absolute atomic E-state index is 13.1. The van der Waals surface area contributed by atoms with E-state index in [-0.39, 0.29) is 30.8 Å². The summed E-state index contributed by atoms with van der Waals surface area (Å²) in [5.41, 5.74) is 13.3. The summed E-state index contributed by atoms with van der Waals surface area (Å²) in [5, 5.41) is 25.3. The van der Waals surface area contributed by atoms with Crippen LogP contribution in [-0.2, 0) is 4.74 Å². The molecule has 62 heavy (non-hydrogen) atoms. The summed E-state index contributed by atoms with van der Waals surface area (Å²) >= 11 is 0. The lowest BCUT2D eigenvalue weighted by molar-refractivity contribution is 0.0509. The predicted octanol–water partition coefficient (Wildman–Crippen LogP) is 6.54. The van der Waals surface area contributed by atoms with Crippen LogP contribution in [0.5, 0.6) is 0 Å². The third kappa shape index (κ3) is 9.82. The molecule has 0 aliphatic carbocycles. The topological polar surface area (TPSA) is 263 Å². The highest BCUT2D eigenvalue weighted by Gasteiger charge is 2.27.